The third-order valence-electron chi connectivity index (χ3n) is 3.29. The molecule has 1 aromatic carbocycles. The Bertz CT molecular complexity index is 862. The summed E-state index contributed by atoms with van der Waals surface area (Å²) in [5, 5.41) is 17.3. The zero-order chi connectivity index (χ0) is 19.1. The molecule has 0 bridgehead atoms. The first-order valence-electron chi connectivity index (χ1n) is 7.48. The molecule has 9 nitrogen and oxygen atoms in total. The van der Waals surface area contributed by atoms with Gasteiger partial charge in [0.2, 0.25) is 11.8 Å². The maximum Gasteiger partial charge on any atom is 0.433 e. The molecule has 0 atom stereocenters. The summed E-state index contributed by atoms with van der Waals surface area (Å²) >= 11 is 5.98. The smallest absolute Gasteiger partial charge is 0.400 e. The van der Waals surface area contributed by atoms with E-state index in [1.54, 1.807) is 25.1 Å². The Hall–Kier alpha value is -3.20. The Labute approximate surface area is 153 Å². The van der Waals surface area contributed by atoms with Gasteiger partial charge in [0.25, 0.3) is 0 Å². The van der Waals surface area contributed by atoms with Crippen LogP contribution in [0.5, 0.6) is 0 Å². The van der Waals surface area contributed by atoms with Crippen LogP contribution in [0.1, 0.15) is 24.2 Å². The summed E-state index contributed by atoms with van der Waals surface area (Å²) in [7, 11) is 0. The van der Waals surface area contributed by atoms with E-state index >= 15 is 0 Å². The molecule has 0 aliphatic heterocycles. The standard InChI is InChI=1S/C16H15ClN4O5/c1-10-12(17)3-2-4-13(10)19-14(22)6-7-15(23)20-18-9-11-5-8-16(26-11)21(24)25/h2-5,8-9H,6-7H2,1H3,(H,19,22)(H,20,23)/b18-9+. The highest BCUT2D eigenvalue weighted by Crippen LogP contribution is 2.23. The molecule has 2 N–H and O–H groups in total. The number of hydrazone groups is 1. The van der Waals surface area contributed by atoms with Crippen molar-refractivity contribution in [3.8, 4) is 0 Å². The van der Waals surface area contributed by atoms with E-state index in [2.05, 4.69) is 15.8 Å². The highest BCUT2D eigenvalue weighted by atomic mass is 35.5. The van der Waals surface area contributed by atoms with E-state index in [0.717, 1.165) is 11.8 Å². The summed E-state index contributed by atoms with van der Waals surface area (Å²) in [6.45, 7) is 1.78. The molecular weight excluding hydrogens is 364 g/mol. The van der Waals surface area contributed by atoms with Gasteiger partial charge in [0.15, 0.2) is 5.76 Å². The molecule has 0 unspecified atom stereocenters. The monoisotopic (exact) mass is 378 g/mol. The van der Waals surface area contributed by atoms with Crippen molar-refractivity contribution in [2.75, 3.05) is 5.32 Å². The lowest BCUT2D eigenvalue weighted by Gasteiger charge is -2.09. The summed E-state index contributed by atoms with van der Waals surface area (Å²) < 4.78 is 4.84. The van der Waals surface area contributed by atoms with Gasteiger partial charge in [-0.25, -0.2) is 5.43 Å². The number of hydrogen-bond donors (Lipinski definition) is 2. The molecule has 10 heteroatoms. The molecule has 0 radical (unpaired) electrons. The van der Waals surface area contributed by atoms with Crippen LogP contribution in [0.2, 0.25) is 5.02 Å². The molecule has 0 spiro atoms. The second-order valence-electron chi connectivity index (χ2n) is 5.19. The average Bonchev–Trinajstić information content (AvgIpc) is 3.06. The van der Waals surface area contributed by atoms with Gasteiger partial charge >= 0.3 is 5.88 Å². The van der Waals surface area contributed by atoms with E-state index in [0.29, 0.717) is 10.7 Å². The summed E-state index contributed by atoms with van der Waals surface area (Å²) in [5.74, 6) is -1.13. The van der Waals surface area contributed by atoms with Gasteiger partial charge in [-0.1, -0.05) is 17.7 Å². The SMILES string of the molecule is Cc1c(Cl)cccc1NC(=O)CCC(=O)N/N=C/c1ccc([N+](=O)[O-])o1. The molecule has 0 fully saturated rings. The van der Waals surface area contributed by atoms with Gasteiger partial charge in [0.05, 0.1) is 12.3 Å². The molecule has 26 heavy (non-hydrogen) atoms. The molecule has 0 aliphatic carbocycles. The van der Waals surface area contributed by atoms with E-state index in [-0.39, 0.29) is 24.5 Å². The van der Waals surface area contributed by atoms with Crippen LogP contribution in [0.15, 0.2) is 39.9 Å². The van der Waals surface area contributed by atoms with Crippen molar-refractivity contribution in [2.45, 2.75) is 19.8 Å². The van der Waals surface area contributed by atoms with Gasteiger partial charge in [-0.05, 0) is 30.7 Å². The van der Waals surface area contributed by atoms with Crippen LogP contribution in [0.4, 0.5) is 11.6 Å². The molecule has 2 rings (SSSR count). The maximum atomic E-state index is 11.9. The summed E-state index contributed by atoms with van der Waals surface area (Å²) in [6, 6.07) is 7.66. The van der Waals surface area contributed by atoms with Crippen molar-refractivity contribution in [1.82, 2.24) is 5.43 Å². The number of benzene rings is 1. The Morgan fingerprint density at radius 1 is 1.27 bits per heavy atom. The average molecular weight is 379 g/mol. The van der Waals surface area contributed by atoms with E-state index in [9.17, 15) is 19.7 Å². The lowest BCUT2D eigenvalue weighted by molar-refractivity contribution is -0.402. The lowest BCUT2D eigenvalue weighted by Crippen LogP contribution is -2.20. The predicted molar refractivity (Wildman–Crippen MR) is 95.2 cm³/mol. The Balaban J connectivity index is 1.77. The normalized spacial score (nSPS) is 10.7. The zero-order valence-corrected chi connectivity index (χ0v) is 14.4. The Morgan fingerprint density at radius 2 is 2.00 bits per heavy atom. The van der Waals surface area contributed by atoms with Gasteiger partial charge in [-0.15, -0.1) is 0 Å². The van der Waals surface area contributed by atoms with Crippen LogP contribution in [0.3, 0.4) is 0 Å². The fraction of sp³-hybridized carbons (Fsp3) is 0.188. The minimum absolute atomic E-state index is 0.0421. The van der Waals surface area contributed by atoms with E-state index in [1.165, 1.54) is 12.1 Å². The molecule has 2 amide bonds. The van der Waals surface area contributed by atoms with Gasteiger partial charge in [0, 0.05) is 23.6 Å². The van der Waals surface area contributed by atoms with Crippen molar-refractivity contribution in [2.24, 2.45) is 5.10 Å². The number of carbonyl (C=O) groups is 2. The van der Waals surface area contributed by atoms with Gasteiger partial charge in [-0.3, -0.25) is 19.7 Å². The molecular formula is C16H15ClN4O5. The topological polar surface area (TPSA) is 127 Å². The summed E-state index contributed by atoms with van der Waals surface area (Å²) in [6.07, 6.45) is 1.00. The molecule has 2 aromatic rings. The van der Waals surface area contributed by atoms with Crippen LogP contribution in [0, 0.1) is 17.0 Å². The molecule has 0 saturated carbocycles. The van der Waals surface area contributed by atoms with Crippen LogP contribution < -0.4 is 10.7 Å². The number of furan rings is 1. The molecule has 0 aliphatic rings. The number of halogens is 1. The quantitative estimate of drug-likeness (QED) is 0.435. The number of rotatable bonds is 7. The van der Waals surface area contributed by atoms with E-state index in [4.69, 9.17) is 16.0 Å². The summed E-state index contributed by atoms with van der Waals surface area (Å²) in [4.78, 5) is 33.3. The fourth-order valence-electron chi connectivity index (χ4n) is 1.92. The van der Waals surface area contributed by atoms with Crippen LogP contribution >= 0.6 is 11.6 Å². The van der Waals surface area contributed by atoms with Crippen molar-refractivity contribution in [1.29, 1.82) is 0 Å². The van der Waals surface area contributed by atoms with Crippen molar-refractivity contribution in [3.05, 3.63) is 56.8 Å². The van der Waals surface area contributed by atoms with Crippen molar-refractivity contribution >= 4 is 41.2 Å². The predicted octanol–water partition coefficient (Wildman–Crippen LogP) is 3.02. The van der Waals surface area contributed by atoms with Gasteiger partial charge in [0.1, 0.15) is 4.92 Å². The number of carbonyl (C=O) groups excluding carboxylic acids is 2. The number of anilines is 1. The van der Waals surface area contributed by atoms with Gasteiger partial charge < -0.3 is 9.73 Å². The summed E-state index contributed by atoms with van der Waals surface area (Å²) in [5.41, 5.74) is 3.53. The lowest BCUT2D eigenvalue weighted by atomic mass is 10.2. The number of amides is 2. The number of nitrogens with zero attached hydrogens (tertiary/aromatic N) is 2. The third kappa shape index (κ3) is 5.42. The maximum absolute atomic E-state index is 11.9. The van der Waals surface area contributed by atoms with Crippen LogP contribution in [-0.4, -0.2) is 23.0 Å². The van der Waals surface area contributed by atoms with Crippen LogP contribution in [-0.2, 0) is 9.59 Å². The highest BCUT2D eigenvalue weighted by Gasteiger charge is 2.11. The Kier molecular flexibility index (Phi) is 6.45. The fourth-order valence-corrected chi connectivity index (χ4v) is 2.09. The second-order valence-corrected chi connectivity index (χ2v) is 5.59. The number of nitro groups is 1. The first-order valence-corrected chi connectivity index (χ1v) is 7.85. The first-order chi connectivity index (χ1) is 12.4. The van der Waals surface area contributed by atoms with Crippen LogP contribution in [0.25, 0.3) is 0 Å². The molecule has 1 aromatic heterocycles. The second kappa shape index (κ2) is 8.77. The molecule has 0 saturated heterocycles. The van der Waals surface area contributed by atoms with Crippen molar-refractivity contribution < 1.29 is 18.9 Å². The Morgan fingerprint density at radius 3 is 2.69 bits per heavy atom. The van der Waals surface area contributed by atoms with E-state index < -0.39 is 16.7 Å². The van der Waals surface area contributed by atoms with Crippen molar-refractivity contribution in [3.63, 3.8) is 0 Å². The van der Waals surface area contributed by atoms with E-state index in [1.807, 2.05) is 0 Å². The number of hydrogen-bond acceptors (Lipinski definition) is 6. The van der Waals surface area contributed by atoms with Gasteiger partial charge in [-0.2, -0.15) is 5.10 Å². The minimum atomic E-state index is -0.684. The third-order valence-corrected chi connectivity index (χ3v) is 3.70. The molecule has 136 valence electrons. The zero-order valence-electron chi connectivity index (χ0n) is 13.7. The number of nitrogens with one attached hydrogen (secondary N) is 2. The largest absolute Gasteiger partial charge is 0.433 e. The molecule has 1 heterocycles. The minimum Gasteiger partial charge on any atom is -0.400 e. The first kappa shape index (κ1) is 19.1. The highest BCUT2D eigenvalue weighted by molar-refractivity contribution is 6.31.